The molecular formula is C16H12FNO2. The van der Waals surface area contributed by atoms with E-state index in [1.165, 1.54) is 13.0 Å². The normalized spacial score (nSPS) is 9.85. The lowest BCUT2D eigenvalue weighted by atomic mass is 10.1. The third-order valence-corrected chi connectivity index (χ3v) is 2.85. The fourth-order valence-electron chi connectivity index (χ4n) is 1.72. The second-order valence-electron chi connectivity index (χ2n) is 4.26. The van der Waals surface area contributed by atoms with E-state index in [1.807, 2.05) is 0 Å². The molecule has 0 aliphatic heterocycles. The largest absolute Gasteiger partial charge is 0.489 e. The van der Waals surface area contributed by atoms with Gasteiger partial charge < -0.3 is 4.74 Å². The Balaban J connectivity index is 2.09. The molecule has 0 N–H and O–H groups in total. The average molecular weight is 269 g/mol. The van der Waals surface area contributed by atoms with Gasteiger partial charge in [-0.25, -0.2) is 4.39 Å². The van der Waals surface area contributed by atoms with E-state index in [0.29, 0.717) is 16.9 Å². The van der Waals surface area contributed by atoms with E-state index < -0.39 is 5.82 Å². The van der Waals surface area contributed by atoms with Crippen LogP contribution in [0.25, 0.3) is 0 Å². The Labute approximate surface area is 116 Å². The molecule has 2 rings (SSSR count). The SMILES string of the molecule is CC(=O)c1ccc(OCc2cccc(C#N)c2F)cc1. The average Bonchev–Trinajstić information content (AvgIpc) is 2.46. The van der Waals surface area contributed by atoms with Crippen LogP contribution in [0.15, 0.2) is 42.5 Å². The van der Waals surface area contributed by atoms with E-state index in [1.54, 1.807) is 42.5 Å². The Kier molecular flexibility index (Phi) is 4.11. The molecule has 100 valence electrons. The van der Waals surface area contributed by atoms with Crippen molar-refractivity contribution in [3.63, 3.8) is 0 Å². The summed E-state index contributed by atoms with van der Waals surface area (Å²) < 4.78 is 19.2. The molecule has 2 aromatic carbocycles. The van der Waals surface area contributed by atoms with E-state index in [2.05, 4.69) is 0 Å². The van der Waals surface area contributed by atoms with Crippen LogP contribution in [0.5, 0.6) is 5.75 Å². The highest BCUT2D eigenvalue weighted by Gasteiger charge is 2.08. The van der Waals surface area contributed by atoms with Crippen molar-refractivity contribution in [3.05, 3.63) is 65.0 Å². The number of nitrogens with zero attached hydrogens (tertiary/aromatic N) is 1. The number of rotatable bonds is 4. The van der Waals surface area contributed by atoms with Crippen molar-refractivity contribution >= 4 is 5.78 Å². The Morgan fingerprint density at radius 1 is 1.25 bits per heavy atom. The van der Waals surface area contributed by atoms with Gasteiger partial charge in [-0.3, -0.25) is 4.79 Å². The summed E-state index contributed by atoms with van der Waals surface area (Å²) in [4.78, 5) is 11.1. The minimum Gasteiger partial charge on any atom is -0.489 e. The molecule has 0 bridgehead atoms. The molecule has 0 saturated heterocycles. The van der Waals surface area contributed by atoms with E-state index in [0.717, 1.165) is 0 Å². The van der Waals surface area contributed by atoms with Crippen molar-refractivity contribution in [3.8, 4) is 11.8 Å². The topological polar surface area (TPSA) is 50.1 Å². The van der Waals surface area contributed by atoms with E-state index in [-0.39, 0.29) is 18.0 Å². The first kappa shape index (κ1) is 13.8. The number of ketones is 1. The molecule has 0 saturated carbocycles. The van der Waals surface area contributed by atoms with Gasteiger partial charge in [-0.15, -0.1) is 0 Å². The van der Waals surface area contributed by atoms with Crippen molar-refractivity contribution in [2.75, 3.05) is 0 Å². The maximum atomic E-state index is 13.8. The minimum absolute atomic E-state index is 0.00183. The number of halogens is 1. The van der Waals surface area contributed by atoms with Gasteiger partial charge in [0.15, 0.2) is 5.78 Å². The van der Waals surface area contributed by atoms with Gasteiger partial charge in [0.1, 0.15) is 24.2 Å². The summed E-state index contributed by atoms with van der Waals surface area (Å²) in [7, 11) is 0. The summed E-state index contributed by atoms with van der Waals surface area (Å²) in [5.74, 6) is -0.0450. The van der Waals surface area contributed by atoms with Crippen LogP contribution in [0.3, 0.4) is 0 Å². The maximum Gasteiger partial charge on any atom is 0.159 e. The van der Waals surface area contributed by atoms with Crippen LogP contribution < -0.4 is 4.74 Å². The Morgan fingerprint density at radius 2 is 1.95 bits per heavy atom. The molecule has 0 aliphatic carbocycles. The third kappa shape index (κ3) is 3.01. The van der Waals surface area contributed by atoms with Crippen molar-refractivity contribution in [2.24, 2.45) is 0 Å². The molecule has 0 spiro atoms. The van der Waals surface area contributed by atoms with Crippen LogP contribution in [0.1, 0.15) is 28.4 Å². The molecule has 0 heterocycles. The quantitative estimate of drug-likeness (QED) is 0.798. The van der Waals surface area contributed by atoms with Gasteiger partial charge >= 0.3 is 0 Å². The highest BCUT2D eigenvalue weighted by atomic mass is 19.1. The third-order valence-electron chi connectivity index (χ3n) is 2.85. The number of benzene rings is 2. The predicted octanol–water partition coefficient (Wildman–Crippen LogP) is 3.48. The molecule has 0 radical (unpaired) electrons. The molecule has 2 aromatic rings. The first-order valence-electron chi connectivity index (χ1n) is 6.03. The number of nitriles is 1. The number of ether oxygens (including phenoxy) is 1. The zero-order valence-electron chi connectivity index (χ0n) is 10.9. The van der Waals surface area contributed by atoms with Crippen LogP contribution in [0, 0.1) is 17.1 Å². The first-order chi connectivity index (χ1) is 9.61. The van der Waals surface area contributed by atoms with Gasteiger partial charge in [-0.1, -0.05) is 12.1 Å². The number of hydrogen-bond acceptors (Lipinski definition) is 3. The van der Waals surface area contributed by atoms with Crippen LogP contribution in [0.2, 0.25) is 0 Å². The Hall–Kier alpha value is -2.67. The lowest BCUT2D eigenvalue weighted by Gasteiger charge is -2.08. The van der Waals surface area contributed by atoms with Gasteiger partial charge in [-0.2, -0.15) is 5.26 Å². The fraction of sp³-hybridized carbons (Fsp3) is 0.125. The van der Waals surface area contributed by atoms with Gasteiger partial charge in [-0.05, 0) is 37.3 Å². The van der Waals surface area contributed by atoms with Crippen molar-refractivity contribution in [1.82, 2.24) is 0 Å². The highest BCUT2D eigenvalue weighted by molar-refractivity contribution is 5.94. The molecule has 0 unspecified atom stereocenters. The fourth-order valence-corrected chi connectivity index (χ4v) is 1.72. The maximum absolute atomic E-state index is 13.8. The molecular weight excluding hydrogens is 257 g/mol. The predicted molar refractivity (Wildman–Crippen MR) is 71.9 cm³/mol. The summed E-state index contributed by atoms with van der Waals surface area (Å²) in [5, 5.41) is 8.75. The monoisotopic (exact) mass is 269 g/mol. The molecule has 0 fully saturated rings. The molecule has 0 aliphatic rings. The van der Waals surface area contributed by atoms with Crippen LogP contribution in [0.4, 0.5) is 4.39 Å². The standard InChI is InChI=1S/C16H12FNO2/c1-11(19)12-5-7-15(8-6-12)20-10-14-4-2-3-13(9-18)16(14)17/h2-8H,10H2,1H3. The number of carbonyl (C=O) groups excluding carboxylic acids is 1. The first-order valence-corrected chi connectivity index (χ1v) is 6.03. The van der Waals surface area contributed by atoms with Crippen LogP contribution in [-0.4, -0.2) is 5.78 Å². The molecule has 0 amide bonds. The summed E-state index contributed by atoms with van der Waals surface area (Å²) in [6, 6.07) is 13.0. The molecule has 3 nitrogen and oxygen atoms in total. The zero-order chi connectivity index (χ0) is 14.5. The summed E-state index contributed by atoms with van der Waals surface area (Å²) in [5.41, 5.74) is 0.910. The van der Waals surface area contributed by atoms with Gasteiger partial charge in [0.2, 0.25) is 0 Å². The number of carbonyl (C=O) groups is 1. The van der Waals surface area contributed by atoms with Gasteiger partial charge in [0.05, 0.1) is 5.56 Å². The summed E-state index contributed by atoms with van der Waals surface area (Å²) in [6.45, 7) is 1.51. The van der Waals surface area contributed by atoms with E-state index >= 15 is 0 Å². The number of Topliss-reactive ketones (excluding diaryl/α,β-unsaturated/α-hetero) is 1. The van der Waals surface area contributed by atoms with Crippen molar-refractivity contribution in [1.29, 1.82) is 5.26 Å². The molecule has 0 aromatic heterocycles. The van der Waals surface area contributed by atoms with Gasteiger partial charge in [0.25, 0.3) is 0 Å². The molecule has 0 atom stereocenters. The second kappa shape index (κ2) is 5.98. The van der Waals surface area contributed by atoms with Crippen LogP contribution in [-0.2, 0) is 6.61 Å². The van der Waals surface area contributed by atoms with Crippen LogP contribution >= 0.6 is 0 Å². The van der Waals surface area contributed by atoms with Gasteiger partial charge in [0, 0.05) is 11.1 Å². The Bertz CT molecular complexity index is 672. The van der Waals surface area contributed by atoms with E-state index in [4.69, 9.17) is 10.00 Å². The molecule has 4 heteroatoms. The second-order valence-corrected chi connectivity index (χ2v) is 4.26. The lowest BCUT2D eigenvalue weighted by molar-refractivity contribution is 0.101. The lowest BCUT2D eigenvalue weighted by Crippen LogP contribution is -2.00. The molecule has 20 heavy (non-hydrogen) atoms. The smallest absolute Gasteiger partial charge is 0.159 e. The van der Waals surface area contributed by atoms with Crippen molar-refractivity contribution < 1.29 is 13.9 Å². The summed E-state index contributed by atoms with van der Waals surface area (Å²) in [6.07, 6.45) is 0. The van der Waals surface area contributed by atoms with E-state index in [9.17, 15) is 9.18 Å². The van der Waals surface area contributed by atoms with Crippen molar-refractivity contribution in [2.45, 2.75) is 13.5 Å². The zero-order valence-corrected chi connectivity index (χ0v) is 10.9. The highest BCUT2D eigenvalue weighted by Crippen LogP contribution is 2.17. The summed E-state index contributed by atoms with van der Waals surface area (Å²) >= 11 is 0. The number of hydrogen-bond donors (Lipinski definition) is 0. The Morgan fingerprint density at radius 3 is 2.55 bits per heavy atom. The minimum atomic E-state index is -0.560.